The molecule has 0 unspecified atom stereocenters. The summed E-state index contributed by atoms with van der Waals surface area (Å²) >= 11 is 0. The largest absolute Gasteiger partial charge is 0.495 e. The topological polar surface area (TPSA) is 94.3 Å². The molecule has 7 heteroatoms. The average Bonchev–Trinajstić information content (AvgIpc) is 2.47. The maximum atomic E-state index is 12.3. The van der Waals surface area contributed by atoms with Gasteiger partial charge in [0.2, 0.25) is 0 Å². The molecule has 0 aliphatic rings. The summed E-state index contributed by atoms with van der Waals surface area (Å²) in [5.41, 5.74) is 6.76. The van der Waals surface area contributed by atoms with Crippen LogP contribution in [0, 0.1) is 0 Å². The SMILES string of the molecule is COc1cc(CN)ccc1S(=O)(=O)Nc1ccncc1. The van der Waals surface area contributed by atoms with Gasteiger partial charge in [-0.15, -0.1) is 0 Å². The van der Waals surface area contributed by atoms with Gasteiger partial charge in [-0.3, -0.25) is 9.71 Å². The first kappa shape index (κ1) is 14.3. The molecule has 2 rings (SSSR count). The van der Waals surface area contributed by atoms with Gasteiger partial charge in [-0.05, 0) is 29.8 Å². The molecule has 0 spiro atoms. The first-order valence-electron chi connectivity index (χ1n) is 5.86. The molecule has 0 saturated heterocycles. The summed E-state index contributed by atoms with van der Waals surface area (Å²) in [5, 5.41) is 0. The standard InChI is InChI=1S/C13H15N3O3S/c1-19-12-8-10(9-14)2-3-13(12)20(17,18)16-11-4-6-15-7-5-11/h2-8H,9,14H2,1H3,(H,15,16). The van der Waals surface area contributed by atoms with Crippen LogP contribution in [0.4, 0.5) is 5.69 Å². The van der Waals surface area contributed by atoms with Crippen LogP contribution in [0.25, 0.3) is 0 Å². The van der Waals surface area contributed by atoms with E-state index in [0.717, 1.165) is 5.56 Å². The van der Waals surface area contributed by atoms with Crippen LogP contribution in [0.3, 0.4) is 0 Å². The van der Waals surface area contributed by atoms with E-state index in [9.17, 15) is 8.42 Å². The molecular formula is C13H15N3O3S. The summed E-state index contributed by atoms with van der Waals surface area (Å²) in [6.45, 7) is 0.314. The lowest BCUT2D eigenvalue weighted by atomic mass is 10.2. The number of anilines is 1. The highest BCUT2D eigenvalue weighted by Crippen LogP contribution is 2.26. The number of hydrogen-bond donors (Lipinski definition) is 2. The van der Waals surface area contributed by atoms with Crippen molar-refractivity contribution in [3.63, 3.8) is 0 Å². The Balaban J connectivity index is 2.39. The van der Waals surface area contributed by atoms with Gasteiger partial charge in [-0.2, -0.15) is 0 Å². The van der Waals surface area contributed by atoms with Gasteiger partial charge in [0.15, 0.2) is 0 Å². The third-order valence-electron chi connectivity index (χ3n) is 2.69. The lowest BCUT2D eigenvalue weighted by Crippen LogP contribution is -2.14. The summed E-state index contributed by atoms with van der Waals surface area (Å²) in [4.78, 5) is 3.90. The number of benzene rings is 1. The second kappa shape index (κ2) is 5.89. The van der Waals surface area contributed by atoms with Crippen LogP contribution in [-0.4, -0.2) is 20.5 Å². The molecule has 0 amide bonds. The van der Waals surface area contributed by atoms with Crippen molar-refractivity contribution in [1.29, 1.82) is 0 Å². The van der Waals surface area contributed by atoms with Crippen LogP contribution in [-0.2, 0) is 16.6 Å². The summed E-state index contributed by atoms with van der Waals surface area (Å²) in [5.74, 6) is 0.259. The lowest BCUT2D eigenvalue weighted by Gasteiger charge is -2.12. The maximum Gasteiger partial charge on any atom is 0.265 e. The van der Waals surface area contributed by atoms with Crippen LogP contribution >= 0.6 is 0 Å². The summed E-state index contributed by atoms with van der Waals surface area (Å²) in [6, 6.07) is 7.88. The number of sulfonamides is 1. The molecule has 0 saturated carbocycles. The van der Waals surface area contributed by atoms with E-state index in [0.29, 0.717) is 12.2 Å². The molecule has 0 bridgehead atoms. The highest BCUT2D eigenvalue weighted by molar-refractivity contribution is 7.92. The van der Waals surface area contributed by atoms with Crippen molar-refractivity contribution in [2.75, 3.05) is 11.8 Å². The van der Waals surface area contributed by atoms with Gasteiger partial charge in [-0.25, -0.2) is 8.42 Å². The van der Waals surface area contributed by atoms with E-state index in [1.807, 2.05) is 0 Å². The second-order valence-electron chi connectivity index (χ2n) is 4.03. The zero-order valence-corrected chi connectivity index (χ0v) is 11.7. The third-order valence-corrected chi connectivity index (χ3v) is 4.11. The van der Waals surface area contributed by atoms with Gasteiger partial charge in [0, 0.05) is 18.9 Å². The van der Waals surface area contributed by atoms with Crippen molar-refractivity contribution >= 4 is 15.7 Å². The van der Waals surface area contributed by atoms with E-state index in [2.05, 4.69) is 9.71 Å². The first-order valence-corrected chi connectivity index (χ1v) is 7.35. The van der Waals surface area contributed by atoms with Crippen molar-refractivity contribution < 1.29 is 13.2 Å². The molecule has 0 fully saturated rings. The van der Waals surface area contributed by atoms with E-state index in [1.165, 1.54) is 25.6 Å². The summed E-state index contributed by atoms with van der Waals surface area (Å²) < 4.78 is 32.3. The van der Waals surface area contributed by atoms with Crippen LogP contribution < -0.4 is 15.2 Å². The van der Waals surface area contributed by atoms with Crippen molar-refractivity contribution in [2.24, 2.45) is 5.73 Å². The quantitative estimate of drug-likeness (QED) is 0.867. The van der Waals surface area contributed by atoms with Crippen molar-refractivity contribution in [3.8, 4) is 5.75 Å². The Kier molecular flexibility index (Phi) is 4.21. The van der Waals surface area contributed by atoms with Crippen LogP contribution in [0.1, 0.15) is 5.56 Å². The number of rotatable bonds is 5. The van der Waals surface area contributed by atoms with E-state index >= 15 is 0 Å². The molecule has 1 aromatic heterocycles. The molecule has 6 nitrogen and oxygen atoms in total. The fourth-order valence-corrected chi connectivity index (χ4v) is 2.90. The van der Waals surface area contributed by atoms with Gasteiger partial charge < -0.3 is 10.5 Å². The number of methoxy groups -OCH3 is 1. The van der Waals surface area contributed by atoms with E-state index in [1.54, 1.807) is 24.3 Å². The van der Waals surface area contributed by atoms with Crippen molar-refractivity contribution in [1.82, 2.24) is 4.98 Å². The number of nitrogens with one attached hydrogen (secondary N) is 1. The van der Waals surface area contributed by atoms with Crippen molar-refractivity contribution in [2.45, 2.75) is 11.4 Å². The normalized spacial score (nSPS) is 11.1. The Labute approximate surface area is 117 Å². The highest BCUT2D eigenvalue weighted by atomic mass is 32.2. The number of pyridine rings is 1. The Morgan fingerprint density at radius 3 is 2.55 bits per heavy atom. The van der Waals surface area contributed by atoms with E-state index < -0.39 is 10.0 Å². The second-order valence-corrected chi connectivity index (χ2v) is 5.68. The zero-order valence-electron chi connectivity index (χ0n) is 10.9. The molecule has 1 aromatic carbocycles. The lowest BCUT2D eigenvalue weighted by molar-refractivity contribution is 0.402. The Hall–Kier alpha value is -2.12. The molecule has 20 heavy (non-hydrogen) atoms. The predicted molar refractivity (Wildman–Crippen MR) is 75.9 cm³/mol. The van der Waals surface area contributed by atoms with Gasteiger partial charge in [0.05, 0.1) is 12.8 Å². The van der Waals surface area contributed by atoms with E-state index in [4.69, 9.17) is 10.5 Å². The minimum absolute atomic E-state index is 0.0639. The molecule has 2 aromatic rings. The number of hydrogen-bond acceptors (Lipinski definition) is 5. The number of nitrogens with zero attached hydrogens (tertiary/aromatic N) is 1. The molecule has 0 aliphatic carbocycles. The zero-order chi connectivity index (χ0) is 14.6. The molecule has 1 heterocycles. The molecule has 0 radical (unpaired) electrons. The predicted octanol–water partition coefficient (Wildman–Crippen LogP) is 1.35. The fourth-order valence-electron chi connectivity index (χ4n) is 1.69. The fraction of sp³-hybridized carbons (Fsp3) is 0.154. The van der Waals surface area contributed by atoms with E-state index in [-0.39, 0.29) is 10.6 Å². The minimum atomic E-state index is -3.72. The summed E-state index contributed by atoms with van der Waals surface area (Å²) in [7, 11) is -2.31. The highest BCUT2D eigenvalue weighted by Gasteiger charge is 2.19. The van der Waals surface area contributed by atoms with Crippen molar-refractivity contribution in [3.05, 3.63) is 48.3 Å². The number of nitrogens with two attached hydrogens (primary N) is 1. The van der Waals surface area contributed by atoms with Gasteiger partial charge in [0.25, 0.3) is 10.0 Å². The Morgan fingerprint density at radius 2 is 1.95 bits per heavy atom. The van der Waals surface area contributed by atoms with Gasteiger partial charge >= 0.3 is 0 Å². The first-order chi connectivity index (χ1) is 9.56. The van der Waals surface area contributed by atoms with Gasteiger partial charge in [0.1, 0.15) is 10.6 Å². The Bertz CT molecular complexity index is 687. The maximum absolute atomic E-state index is 12.3. The molecule has 106 valence electrons. The Morgan fingerprint density at radius 1 is 1.25 bits per heavy atom. The third kappa shape index (κ3) is 3.06. The minimum Gasteiger partial charge on any atom is -0.495 e. The monoisotopic (exact) mass is 293 g/mol. The number of aromatic nitrogens is 1. The van der Waals surface area contributed by atoms with Gasteiger partial charge in [-0.1, -0.05) is 6.07 Å². The molecular weight excluding hydrogens is 278 g/mol. The molecule has 0 aliphatic heterocycles. The summed E-state index contributed by atoms with van der Waals surface area (Å²) in [6.07, 6.45) is 3.01. The van der Waals surface area contributed by atoms with Crippen LogP contribution in [0.5, 0.6) is 5.75 Å². The average molecular weight is 293 g/mol. The number of ether oxygens (including phenoxy) is 1. The van der Waals surface area contributed by atoms with Crippen LogP contribution in [0.15, 0.2) is 47.6 Å². The molecule has 0 atom stereocenters. The molecule has 3 N–H and O–H groups in total. The van der Waals surface area contributed by atoms with Crippen LogP contribution in [0.2, 0.25) is 0 Å². The smallest absolute Gasteiger partial charge is 0.265 e.